The van der Waals surface area contributed by atoms with Gasteiger partial charge >= 0.3 is 0 Å². The number of aromatic nitrogens is 2. The molecule has 1 fully saturated rings. The smallest absolute Gasteiger partial charge is 0.0893 e. The highest BCUT2D eigenvalue weighted by molar-refractivity contribution is 5.76. The molecule has 1 aliphatic carbocycles. The zero-order valence-electron chi connectivity index (χ0n) is 10.6. The maximum Gasteiger partial charge on any atom is 0.0893 e. The molecule has 2 unspecified atom stereocenters. The van der Waals surface area contributed by atoms with Crippen molar-refractivity contribution in [2.24, 2.45) is 5.92 Å². The fourth-order valence-corrected chi connectivity index (χ4v) is 3.50. The lowest BCUT2D eigenvalue weighted by molar-refractivity contribution is 0.318. The number of benzene rings is 1. The molecule has 3 heteroatoms. The van der Waals surface area contributed by atoms with Crippen molar-refractivity contribution in [3.8, 4) is 0 Å². The Hall–Kier alpha value is -1.48. The number of nitrogens with one attached hydrogen (secondary N) is 1. The second kappa shape index (κ2) is 3.75. The highest BCUT2D eigenvalue weighted by atomic mass is 14.9. The second-order valence-corrected chi connectivity index (χ2v) is 5.71. The number of piperidine rings is 1. The van der Waals surface area contributed by atoms with Crippen LogP contribution in [0.1, 0.15) is 29.2 Å². The SMILES string of the molecule is Cc1cnc2cc3c(cc2n1)C1CNCC(C3)C1. The highest BCUT2D eigenvalue weighted by Gasteiger charge is 2.30. The minimum absolute atomic E-state index is 0.680. The molecule has 2 heterocycles. The van der Waals surface area contributed by atoms with Crippen LogP contribution in [-0.4, -0.2) is 23.1 Å². The number of hydrogen-bond acceptors (Lipinski definition) is 3. The number of hydrogen-bond donors (Lipinski definition) is 1. The Morgan fingerprint density at radius 1 is 1.22 bits per heavy atom. The van der Waals surface area contributed by atoms with Crippen LogP contribution in [0.2, 0.25) is 0 Å². The summed E-state index contributed by atoms with van der Waals surface area (Å²) in [7, 11) is 0. The quantitative estimate of drug-likeness (QED) is 0.765. The Kier molecular flexibility index (Phi) is 2.18. The molecule has 0 radical (unpaired) electrons. The van der Waals surface area contributed by atoms with E-state index in [1.54, 1.807) is 0 Å². The Labute approximate surface area is 107 Å². The van der Waals surface area contributed by atoms with Crippen LogP contribution < -0.4 is 5.32 Å². The maximum atomic E-state index is 4.61. The van der Waals surface area contributed by atoms with Gasteiger partial charge in [-0.3, -0.25) is 4.98 Å². The van der Waals surface area contributed by atoms with Crippen LogP contribution in [0.3, 0.4) is 0 Å². The van der Waals surface area contributed by atoms with Crippen LogP contribution in [-0.2, 0) is 6.42 Å². The van der Waals surface area contributed by atoms with Crippen LogP contribution in [0.15, 0.2) is 18.3 Å². The average molecular weight is 239 g/mol. The molecule has 1 aromatic carbocycles. The lowest BCUT2D eigenvalue weighted by atomic mass is 9.74. The van der Waals surface area contributed by atoms with E-state index in [0.29, 0.717) is 5.92 Å². The molecule has 2 bridgehead atoms. The molecule has 3 nitrogen and oxygen atoms in total. The van der Waals surface area contributed by atoms with Gasteiger partial charge in [0.1, 0.15) is 0 Å². The molecule has 2 aliphatic rings. The molecule has 4 rings (SSSR count). The van der Waals surface area contributed by atoms with E-state index in [0.717, 1.165) is 29.2 Å². The minimum Gasteiger partial charge on any atom is -0.316 e. The van der Waals surface area contributed by atoms with Gasteiger partial charge in [-0.05, 0) is 61.4 Å². The van der Waals surface area contributed by atoms with E-state index in [9.17, 15) is 0 Å². The summed E-state index contributed by atoms with van der Waals surface area (Å²) in [6, 6.07) is 4.54. The largest absolute Gasteiger partial charge is 0.316 e. The summed E-state index contributed by atoms with van der Waals surface area (Å²) in [4.78, 5) is 9.11. The summed E-state index contributed by atoms with van der Waals surface area (Å²) in [6.07, 6.45) is 4.40. The Bertz CT molecular complexity index is 620. The van der Waals surface area contributed by atoms with Crippen LogP contribution in [0.5, 0.6) is 0 Å². The van der Waals surface area contributed by atoms with Gasteiger partial charge in [0.05, 0.1) is 16.7 Å². The van der Waals surface area contributed by atoms with Crippen molar-refractivity contribution in [1.82, 2.24) is 15.3 Å². The first-order valence-electron chi connectivity index (χ1n) is 6.76. The van der Waals surface area contributed by atoms with Gasteiger partial charge in [-0.1, -0.05) is 0 Å². The molecular weight excluding hydrogens is 222 g/mol. The summed E-state index contributed by atoms with van der Waals surface area (Å²) in [5, 5.41) is 3.55. The molecule has 1 N–H and O–H groups in total. The third-order valence-corrected chi connectivity index (χ3v) is 4.31. The molecule has 1 aromatic heterocycles. The van der Waals surface area contributed by atoms with Gasteiger partial charge < -0.3 is 5.32 Å². The maximum absolute atomic E-state index is 4.61. The second-order valence-electron chi connectivity index (χ2n) is 5.71. The molecule has 2 aromatic rings. The molecular formula is C15H17N3. The van der Waals surface area contributed by atoms with Gasteiger partial charge in [0, 0.05) is 12.7 Å². The first-order chi connectivity index (χ1) is 8.79. The van der Waals surface area contributed by atoms with E-state index in [1.807, 2.05) is 13.1 Å². The van der Waals surface area contributed by atoms with Crippen molar-refractivity contribution >= 4 is 11.0 Å². The van der Waals surface area contributed by atoms with Gasteiger partial charge in [0.2, 0.25) is 0 Å². The predicted octanol–water partition coefficient (Wildman–Crippen LogP) is 2.19. The van der Waals surface area contributed by atoms with E-state index in [2.05, 4.69) is 27.4 Å². The van der Waals surface area contributed by atoms with Crippen molar-refractivity contribution in [3.63, 3.8) is 0 Å². The third kappa shape index (κ3) is 1.54. The zero-order chi connectivity index (χ0) is 12.1. The number of fused-ring (bicyclic) bond motifs is 5. The molecule has 1 aliphatic heterocycles. The molecule has 0 spiro atoms. The first-order valence-corrected chi connectivity index (χ1v) is 6.76. The molecule has 1 saturated heterocycles. The minimum atomic E-state index is 0.680. The van der Waals surface area contributed by atoms with Gasteiger partial charge in [0.25, 0.3) is 0 Å². The fourth-order valence-electron chi connectivity index (χ4n) is 3.50. The summed E-state index contributed by atoms with van der Waals surface area (Å²) in [5.41, 5.74) is 6.11. The predicted molar refractivity (Wildman–Crippen MR) is 71.7 cm³/mol. The summed E-state index contributed by atoms with van der Waals surface area (Å²) in [5.74, 6) is 1.49. The van der Waals surface area contributed by atoms with Crippen LogP contribution in [0, 0.1) is 12.8 Å². The number of aryl methyl sites for hydroxylation is 1. The lowest BCUT2D eigenvalue weighted by Crippen LogP contribution is -2.39. The number of rotatable bonds is 0. The topological polar surface area (TPSA) is 37.8 Å². The Balaban J connectivity index is 1.92. The van der Waals surface area contributed by atoms with E-state index in [1.165, 1.54) is 30.5 Å². The van der Waals surface area contributed by atoms with Crippen LogP contribution >= 0.6 is 0 Å². The van der Waals surface area contributed by atoms with Crippen molar-refractivity contribution in [2.45, 2.75) is 25.7 Å². The van der Waals surface area contributed by atoms with E-state index in [-0.39, 0.29) is 0 Å². The van der Waals surface area contributed by atoms with E-state index in [4.69, 9.17) is 0 Å². The normalized spacial score (nSPS) is 26.1. The van der Waals surface area contributed by atoms with E-state index >= 15 is 0 Å². The van der Waals surface area contributed by atoms with Crippen LogP contribution in [0.25, 0.3) is 11.0 Å². The molecule has 18 heavy (non-hydrogen) atoms. The van der Waals surface area contributed by atoms with Gasteiger partial charge in [-0.25, -0.2) is 4.98 Å². The number of nitrogens with zero attached hydrogens (tertiary/aromatic N) is 2. The fraction of sp³-hybridized carbons (Fsp3) is 0.467. The highest BCUT2D eigenvalue weighted by Crippen LogP contribution is 2.38. The summed E-state index contributed by atoms with van der Waals surface area (Å²) >= 11 is 0. The van der Waals surface area contributed by atoms with Gasteiger partial charge in [-0.2, -0.15) is 0 Å². The average Bonchev–Trinajstić information content (AvgIpc) is 2.38. The molecule has 92 valence electrons. The zero-order valence-corrected chi connectivity index (χ0v) is 10.6. The van der Waals surface area contributed by atoms with Crippen molar-refractivity contribution in [1.29, 1.82) is 0 Å². The van der Waals surface area contributed by atoms with Gasteiger partial charge in [-0.15, -0.1) is 0 Å². The molecule has 0 saturated carbocycles. The van der Waals surface area contributed by atoms with Crippen molar-refractivity contribution in [3.05, 3.63) is 35.2 Å². The van der Waals surface area contributed by atoms with Gasteiger partial charge in [0.15, 0.2) is 0 Å². The first kappa shape index (κ1) is 10.4. The lowest BCUT2D eigenvalue weighted by Gasteiger charge is -2.36. The van der Waals surface area contributed by atoms with Crippen molar-refractivity contribution in [2.75, 3.05) is 13.1 Å². The monoisotopic (exact) mass is 239 g/mol. The summed E-state index contributed by atoms with van der Waals surface area (Å²) < 4.78 is 0. The Morgan fingerprint density at radius 3 is 3.11 bits per heavy atom. The van der Waals surface area contributed by atoms with E-state index < -0.39 is 0 Å². The van der Waals surface area contributed by atoms with Crippen molar-refractivity contribution < 1.29 is 0 Å². The standard InChI is InChI=1S/C15H17N3/c1-9-6-17-14-4-11-2-10-3-12(8-16-7-10)13(11)5-15(14)18-9/h4-6,10,12,16H,2-3,7-8H2,1H3. The Morgan fingerprint density at radius 2 is 2.17 bits per heavy atom. The van der Waals surface area contributed by atoms with Crippen LogP contribution in [0.4, 0.5) is 0 Å². The molecule has 2 atom stereocenters. The summed E-state index contributed by atoms with van der Waals surface area (Å²) in [6.45, 7) is 4.30. The third-order valence-electron chi connectivity index (χ3n) is 4.31. The molecule has 0 amide bonds.